The van der Waals surface area contributed by atoms with Crippen molar-refractivity contribution in [3.05, 3.63) is 107 Å². The van der Waals surface area contributed by atoms with Gasteiger partial charge >= 0.3 is 0 Å². The van der Waals surface area contributed by atoms with Gasteiger partial charge in [-0.1, -0.05) is 79.7 Å². The van der Waals surface area contributed by atoms with E-state index in [0.717, 1.165) is 11.1 Å². The molecule has 2 aliphatic heterocycles. The first kappa shape index (κ1) is 22.4. The molecule has 34 heavy (non-hydrogen) atoms. The molecule has 174 valence electrons. The number of amides is 2. The van der Waals surface area contributed by atoms with Crippen molar-refractivity contribution in [1.82, 2.24) is 9.80 Å². The maximum atomic E-state index is 13.4. The fourth-order valence-corrected chi connectivity index (χ4v) is 4.86. The van der Waals surface area contributed by atoms with Gasteiger partial charge in [-0.3, -0.25) is 9.59 Å². The molecular formula is C29H30N2O3. The SMILES string of the molecule is CC1(c2ccc(C(=O)N3CC(=O)N(Cc4ccccc4)[C@@H](Cc4ccccc4)C3)cc2)COC1. The highest BCUT2D eigenvalue weighted by atomic mass is 16.5. The number of hydrogen-bond acceptors (Lipinski definition) is 3. The predicted molar refractivity (Wildman–Crippen MR) is 131 cm³/mol. The van der Waals surface area contributed by atoms with E-state index in [9.17, 15) is 9.59 Å². The lowest BCUT2D eigenvalue weighted by atomic mass is 9.80. The molecule has 0 unspecified atom stereocenters. The van der Waals surface area contributed by atoms with Gasteiger partial charge in [-0.2, -0.15) is 0 Å². The Morgan fingerprint density at radius 1 is 0.912 bits per heavy atom. The second-order valence-corrected chi connectivity index (χ2v) is 9.67. The summed E-state index contributed by atoms with van der Waals surface area (Å²) in [5, 5.41) is 0. The van der Waals surface area contributed by atoms with Gasteiger partial charge in [0, 0.05) is 24.1 Å². The highest BCUT2D eigenvalue weighted by Gasteiger charge is 2.37. The topological polar surface area (TPSA) is 49.9 Å². The number of carbonyl (C=O) groups excluding carboxylic acids is 2. The van der Waals surface area contributed by atoms with Crippen molar-refractivity contribution in [3.63, 3.8) is 0 Å². The normalized spacial score (nSPS) is 19.6. The molecule has 0 aromatic heterocycles. The van der Waals surface area contributed by atoms with Crippen molar-refractivity contribution in [1.29, 1.82) is 0 Å². The van der Waals surface area contributed by atoms with E-state index < -0.39 is 0 Å². The third-order valence-corrected chi connectivity index (χ3v) is 6.99. The smallest absolute Gasteiger partial charge is 0.254 e. The van der Waals surface area contributed by atoms with Gasteiger partial charge in [-0.15, -0.1) is 0 Å². The Bertz CT molecular complexity index is 1140. The fourth-order valence-electron chi connectivity index (χ4n) is 4.86. The van der Waals surface area contributed by atoms with Crippen LogP contribution in [0.4, 0.5) is 0 Å². The van der Waals surface area contributed by atoms with Crippen LogP contribution in [-0.2, 0) is 27.9 Å². The maximum Gasteiger partial charge on any atom is 0.254 e. The van der Waals surface area contributed by atoms with Crippen molar-refractivity contribution in [2.45, 2.75) is 31.3 Å². The van der Waals surface area contributed by atoms with Gasteiger partial charge < -0.3 is 14.5 Å². The third-order valence-electron chi connectivity index (χ3n) is 6.99. The first-order valence-corrected chi connectivity index (χ1v) is 11.9. The van der Waals surface area contributed by atoms with Crippen LogP contribution in [0, 0.1) is 0 Å². The molecule has 0 N–H and O–H groups in total. The minimum absolute atomic E-state index is 0.0138. The zero-order valence-electron chi connectivity index (χ0n) is 19.5. The monoisotopic (exact) mass is 454 g/mol. The average Bonchev–Trinajstić information content (AvgIpc) is 2.85. The van der Waals surface area contributed by atoms with Crippen molar-refractivity contribution in [2.75, 3.05) is 26.3 Å². The molecule has 2 saturated heterocycles. The van der Waals surface area contributed by atoms with E-state index in [2.05, 4.69) is 19.1 Å². The van der Waals surface area contributed by atoms with Gasteiger partial charge in [0.2, 0.25) is 5.91 Å². The molecule has 2 amide bonds. The highest BCUT2D eigenvalue weighted by Crippen LogP contribution is 2.32. The molecule has 0 spiro atoms. The lowest BCUT2D eigenvalue weighted by Crippen LogP contribution is -2.58. The van der Waals surface area contributed by atoms with Gasteiger partial charge in [0.25, 0.3) is 5.91 Å². The summed E-state index contributed by atoms with van der Waals surface area (Å²) in [4.78, 5) is 30.3. The summed E-state index contributed by atoms with van der Waals surface area (Å²) < 4.78 is 5.37. The fraction of sp³-hybridized carbons (Fsp3) is 0.310. The Morgan fingerprint density at radius 3 is 2.12 bits per heavy atom. The van der Waals surface area contributed by atoms with E-state index >= 15 is 0 Å². The van der Waals surface area contributed by atoms with Crippen LogP contribution in [0.15, 0.2) is 84.9 Å². The zero-order valence-corrected chi connectivity index (χ0v) is 19.5. The van der Waals surface area contributed by atoms with Gasteiger partial charge in [0.05, 0.1) is 19.3 Å². The second kappa shape index (κ2) is 9.43. The van der Waals surface area contributed by atoms with Crippen molar-refractivity contribution in [3.8, 4) is 0 Å². The number of carbonyl (C=O) groups is 2. The lowest BCUT2D eigenvalue weighted by molar-refractivity contribution is -0.139. The number of ether oxygens (including phenoxy) is 1. The number of nitrogens with zero attached hydrogens (tertiary/aromatic N) is 2. The molecule has 0 bridgehead atoms. The highest BCUT2D eigenvalue weighted by molar-refractivity contribution is 5.97. The van der Waals surface area contributed by atoms with E-state index in [1.807, 2.05) is 77.7 Å². The summed E-state index contributed by atoms with van der Waals surface area (Å²) in [6.45, 7) is 4.75. The molecule has 0 radical (unpaired) electrons. The molecule has 5 nitrogen and oxygen atoms in total. The Hall–Kier alpha value is -3.44. The maximum absolute atomic E-state index is 13.4. The van der Waals surface area contributed by atoms with Crippen molar-refractivity contribution in [2.24, 2.45) is 0 Å². The van der Waals surface area contributed by atoms with Crippen LogP contribution in [-0.4, -0.2) is 54.0 Å². The molecule has 5 rings (SSSR count). The van der Waals surface area contributed by atoms with E-state index in [1.165, 1.54) is 5.56 Å². The first-order chi connectivity index (χ1) is 16.5. The number of rotatable bonds is 6. The summed E-state index contributed by atoms with van der Waals surface area (Å²) in [6, 6.07) is 27.9. The van der Waals surface area contributed by atoms with E-state index in [1.54, 1.807) is 4.90 Å². The van der Waals surface area contributed by atoms with E-state index in [0.29, 0.717) is 38.3 Å². The largest absolute Gasteiger partial charge is 0.379 e. The van der Waals surface area contributed by atoms with Crippen LogP contribution in [0.3, 0.4) is 0 Å². The Balaban J connectivity index is 1.35. The minimum atomic E-state index is -0.0904. The quantitative estimate of drug-likeness (QED) is 0.564. The average molecular weight is 455 g/mol. The minimum Gasteiger partial charge on any atom is -0.379 e. The summed E-state index contributed by atoms with van der Waals surface area (Å²) in [6.07, 6.45) is 0.709. The van der Waals surface area contributed by atoms with Gasteiger partial charge in [-0.05, 0) is 35.2 Å². The zero-order chi connectivity index (χ0) is 23.5. The molecular weight excluding hydrogens is 424 g/mol. The molecule has 2 heterocycles. The summed E-state index contributed by atoms with van der Waals surface area (Å²) in [5.74, 6) is -0.104. The van der Waals surface area contributed by atoms with Crippen LogP contribution in [0.1, 0.15) is 34.0 Å². The molecule has 3 aromatic rings. The molecule has 0 aliphatic carbocycles. The van der Waals surface area contributed by atoms with Crippen molar-refractivity contribution >= 4 is 11.8 Å². The molecule has 3 aromatic carbocycles. The number of piperazine rings is 1. The lowest BCUT2D eigenvalue weighted by Gasteiger charge is -2.41. The summed E-state index contributed by atoms with van der Waals surface area (Å²) >= 11 is 0. The standard InChI is InChI=1S/C29H30N2O3/c1-29(20-34-21-29)25-14-12-24(13-15-25)28(33)30-18-26(16-22-8-4-2-5-9-22)31(27(32)19-30)17-23-10-6-3-7-11-23/h2-15,26H,16-21H2,1H3/t26-/m0/s1. The predicted octanol–water partition coefficient (Wildman–Crippen LogP) is 4.07. The Morgan fingerprint density at radius 2 is 1.53 bits per heavy atom. The van der Waals surface area contributed by atoms with Gasteiger partial charge in [0.15, 0.2) is 0 Å². The van der Waals surface area contributed by atoms with Gasteiger partial charge in [0.1, 0.15) is 6.54 Å². The molecule has 2 aliphatic rings. The molecule has 1 atom stereocenters. The molecule has 5 heteroatoms. The third kappa shape index (κ3) is 4.62. The van der Waals surface area contributed by atoms with Gasteiger partial charge in [-0.25, -0.2) is 0 Å². The number of benzene rings is 3. The van der Waals surface area contributed by atoms with Crippen molar-refractivity contribution < 1.29 is 14.3 Å². The first-order valence-electron chi connectivity index (χ1n) is 11.9. The summed E-state index contributed by atoms with van der Waals surface area (Å²) in [5.41, 5.74) is 4.09. The van der Waals surface area contributed by atoms with Crippen LogP contribution in [0.5, 0.6) is 0 Å². The van der Waals surface area contributed by atoms with E-state index in [4.69, 9.17) is 4.74 Å². The van der Waals surface area contributed by atoms with Crippen LogP contribution in [0.2, 0.25) is 0 Å². The second-order valence-electron chi connectivity index (χ2n) is 9.67. The molecule has 0 saturated carbocycles. The number of hydrogen-bond donors (Lipinski definition) is 0. The Kier molecular flexibility index (Phi) is 6.20. The van der Waals surface area contributed by atoms with Crippen LogP contribution < -0.4 is 0 Å². The molecule has 2 fully saturated rings. The van der Waals surface area contributed by atoms with E-state index in [-0.39, 0.29) is 29.8 Å². The Labute approximate surface area is 201 Å². The van der Waals surface area contributed by atoms with Crippen LogP contribution in [0.25, 0.3) is 0 Å². The summed E-state index contributed by atoms with van der Waals surface area (Å²) in [7, 11) is 0. The van der Waals surface area contributed by atoms with Crippen LogP contribution >= 0.6 is 0 Å².